The number of nitrogens with one attached hydrogen (secondary N) is 1. The third-order valence-electron chi connectivity index (χ3n) is 3.55. The molecule has 0 atom stereocenters. The fourth-order valence-corrected chi connectivity index (χ4v) is 2.36. The first kappa shape index (κ1) is 11.6. The molecule has 0 bridgehead atoms. The summed E-state index contributed by atoms with van der Waals surface area (Å²) in [5, 5.41) is 3.46. The molecule has 0 aliphatic heterocycles. The van der Waals surface area contributed by atoms with Crippen LogP contribution in [0.3, 0.4) is 0 Å². The zero-order valence-electron chi connectivity index (χ0n) is 9.88. The Kier molecular flexibility index (Phi) is 3.94. The molecule has 1 aliphatic carbocycles. The van der Waals surface area contributed by atoms with Gasteiger partial charge in [0.05, 0.1) is 0 Å². The Morgan fingerprint density at radius 1 is 1.19 bits per heavy atom. The van der Waals surface area contributed by atoms with Crippen LogP contribution >= 0.6 is 0 Å². The van der Waals surface area contributed by atoms with Crippen molar-refractivity contribution in [2.75, 3.05) is 0 Å². The van der Waals surface area contributed by atoms with Crippen molar-refractivity contribution in [3.63, 3.8) is 0 Å². The predicted molar refractivity (Wildman–Crippen MR) is 64.7 cm³/mol. The summed E-state index contributed by atoms with van der Waals surface area (Å²) in [7, 11) is 0. The molecule has 0 aromatic heterocycles. The van der Waals surface area contributed by atoms with E-state index in [1.54, 1.807) is 6.07 Å². The maximum absolute atomic E-state index is 13.4. The molecule has 1 aromatic rings. The summed E-state index contributed by atoms with van der Waals surface area (Å²) in [6, 6.07) is 7.59. The summed E-state index contributed by atoms with van der Waals surface area (Å²) >= 11 is 0. The van der Waals surface area contributed by atoms with Gasteiger partial charge < -0.3 is 5.32 Å². The van der Waals surface area contributed by atoms with E-state index in [0.29, 0.717) is 12.6 Å². The molecule has 1 saturated carbocycles. The summed E-state index contributed by atoms with van der Waals surface area (Å²) in [5.74, 6) is 0.769. The van der Waals surface area contributed by atoms with Crippen molar-refractivity contribution in [1.29, 1.82) is 0 Å². The number of hydrogen-bond donors (Lipinski definition) is 1. The molecule has 2 rings (SSSR count). The Hall–Kier alpha value is -0.890. The first-order valence-corrected chi connectivity index (χ1v) is 6.22. The third-order valence-corrected chi connectivity index (χ3v) is 3.55. The molecule has 1 fully saturated rings. The average Bonchev–Trinajstić information content (AvgIpc) is 2.30. The van der Waals surface area contributed by atoms with Gasteiger partial charge in [0.15, 0.2) is 0 Å². The normalized spacial score (nSPS) is 25.6. The van der Waals surface area contributed by atoms with Crippen LogP contribution in [0.1, 0.15) is 38.2 Å². The summed E-state index contributed by atoms with van der Waals surface area (Å²) in [5.41, 5.74) is 0.779. The van der Waals surface area contributed by atoms with E-state index < -0.39 is 0 Å². The van der Waals surface area contributed by atoms with Crippen LogP contribution in [0, 0.1) is 11.7 Å². The minimum Gasteiger partial charge on any atom is -0.310 e. The molecule has 1 nitrogen and oxygen atoms in total. The summed E-state index contributed by atoms with van der Waals surface area (Å²) < 4.78 is 13.4. The van der Waals surface area contributed by atoms with E-state index in [2.05, 4.69) is 12.2 Å². The summed E-state index contributed by atoms with van der Waals surface area (Å²) in [6.45, 7) is 2.97. The van der Waals surface area contributed by atoms with Gasteiger partial charge in [0.25, 0.3) is 0 Å². The van der Waals surface area contributed by atoms with Crippen LogP contribution in [0.5, 0.6) is 0 Å². The predicted octanol–water partition coefficient (Wildman–Crippen LogP) is 3.49. The minimum atomic E-state index is -0.0980. The lowest BCUT2D eigenvalue weighted by atomic mass is 9.87. The highest BCUT2D eigenvalue weighted by Crippen LogP contribution is 2.23. The molecule has 1 aromatic carbocycles. The molecule has 1 aliphatic rings. The first-order chi connectivity index (χ1) is 7.75. The Labute approximate surface area is 97.1 Å². The van der Waals surface area contributed by atoms with Crippen molar-refractivity contribution in [3.8, 4) is 0 Å². The van der Waals surface area contributed by atoms with Gasteiger partial charge in [0.2, 0.25) is 0 Å². The van der Waals surface area contributed by atoms with E-state index in [0.717, 1.165) is 11.5 Å². The van der Waals surface area contributed by atoms with E-state index in [4.69, 9.17) is 0 Å². The van der Waals surface area contributed by atoms with Gasteiger partial charge in [-0.2, -0.15) is 0 Å². The second-order valence-corrected chi connectivity index (χ2v) is 4.93. The van der Waals surface area contributed by atoms with Gasteiger partial charge in [-0.05, 0) is 37.7 Å². The van der Waals surface area contributed by atoms with Crippen LogP contribution in [0.4, 0.5) is 4.39 Å². The second kappa shape index (κ2) is 5.44. The van der Waals surface area contributed by atoms with E-state index in [9.17, 15) is 4.39 Å². The van der Waals surface area contributed by atoms with Gasteiger partial charge >= 0.3 is 0 Å². The largest absolute Gasteiger partial charge is 0.310 e. The standard InChI is InChI=1S/C14H20FN/c1-11-6-8-13(9-7-11)16-10-12-4-2-3-5-14(12)15/h2-5,11,13,16H,6-10H2,1H3. The number of benzene rings is 1. The Bertz CT molecular complexity index is 329. The van der Waals surface area contributed by atoms with Crippen LogP contribution in [-0.2, 0) is 6.54 Å². The highest BCUT2D eigenvalue weighted by Gasteiger charge is 2.17. The first-order valence-electron chi connectivity index (χ1n) is 6.22. The van der Waals surface area contributed by atoms with Gasteiger partial charge in [-0.15, -0.1) is 0 Å². The van der Waals surface area contributed by atoms with Crippen LogP contribution < -0.4 is 5.32 Å². The number of rotatable bonds is 3. The number of hydrogen-bond acceptors (Lipinski definition) is 1. The molecule has 88 valence electrons. The van der Waals surface area contributed by atoms with Crippen LogP contribution in [0.25, 0.3) is 0 Å². The van der Waals surface area contributed by atoms with Crippen LogP contribution in [0.2, 0.25) is 0 Å². The molecule has 16 heavy (non-hydrogen) atoms. The van der Waals surface area contributed by atoms with Crippen molar-refractivity contribution < 1.29 is 4.39 Å². The lowest BCUT2D eigenvalue weighted by Gasteiger charge is -2.27. The monoisotopic (exact) mass is 221 g/mol. The molecule has 1 N–H and O–H groups in total. The van der Waals surface area contributed by atoms with Crippen molar-refractivity contribution >= 4 is 0 Å². The van der Waals surface area contributed by atoms with Crippen molar-refractivity contribution in [2.45, 2.75) is 45.2 Å². The van der Waals surface area contributed by atoms with E-state index in [1.165, 1.54) is 31.7 Å². The molecule has 2 heteroatoms. The molecule has 0 radical (unpaired) electrons. The molecule has 0 heterocycles. The SMILES string of the molecule is CC1CCC(NCc2ccccc2F)CC1. The van der Waals surface area contributed by atoms with Crippen LogP contribution in [-0.4, -0.2) is 6.04 Å². The van der Waals surface area contributed by atoms with Crippen molar-refractivity contribution in [3.05, 3.63) is 35.6 Å². The zero-order valence-corrected chi connectivity index (χ0v) is 9.88. The van der Waals surface area contributed by atoms with Crippen molar-refractivity contribution in [1.82, 2.24) is 5.32 Å². The molecule has 0 unspecified atom stereocenters. The van der Waals surface area contributed by atoms with E-state index >= 15 is 0 Å². The van der Waals surface area contributed by atoms with E-state index in [1.807, 2.05) is 12.1 Å². The highest BCUT2D eigenvalue weighted by atomic mass is 19.1. The maximum atomic E-state index is 13.4. The minimum absolute atomic E-state index is 0.0980. The van der Waals surface area contributed by atoms with Gasteiger partial charge in [0, 0.05) is 18.2 Å². The Balaban J connectivity index is 1.81. The Morgan fingerprint density at radius 2 is 1.88 bits per heavy atom. The van der Waals surface area contributed by atoms with Gasteiger partial charge in [-0.25, -0.2) is 4.39 Å². The molecule has 0 amide bonds. The molecule has 0 saturated heterocycles. The van der Waals surface area contributed by atoms with Gasteiger partial charge in [0.1, 0.15) is 5.82 Å². The Morgan fingerprint density at radius 3 is 2.56 bits per heavy atom. The third kappa shape index (κ3) is 3.05. The second-order valence-electron chi connectivity index (χ2n) is 4.93. The lowest BCUT2D eigenvalue weighted by molar-refractivity contribution is 0.305. The quantitative estimate of drug-likeness (QED) is 0.823. The van der Waals surface area contributed by atoms with Crippen LogP contribution in [0.15, 0.2) is 24.3 Å². The van der Waals surface area contributed by atoms with Gasteiger partial charge in [-0.3, -0.25) is 0 Å². The molecular weight excluding hydrogens is 201 g/mol. The fraction of sp³-hybridized carbons (Fsp3) is 0.571. The average molecular weight is 221 g/mol. The smallest absolute Gasteiger partial charge is 0.127 e. The summed E-state index contributed by atoms with van der Waals surface area (Å²) in [6.07, 6.45) is 5.06. The topological polar surface area (TPSA) is 12.0 Å². The molecular formula is C14H20FN. The van der Waals surface area contributed by atoms with Crippen molar-refractivity contribution in [2.24, 2.45) is 5.92 Å². The number of halogens is 1. The fourth-order valence-electron chi connectivity index (χ4n) is 2.36. The van der Waals surface area contributed by atoms with E-state index in [-0.39, 0.29) is 5.82 Å². The maximum Gasteiger partial charge on any atom is 0.127 e. The summed E-state index contributed by atoms with van der Waals surface area (Å²) in [4.78, 5) is 0. The molecule has 0 spiro atoms. The highest BCUT2D eigenvalue weighted by molar-refractivity contribution is 5.17. The lowest BCUT2D eigenvalue weighted by Crippen LogP contribution is -2.32. The zero-order chi connectivity index (χ0) is 11.4. The van der Waals surface area contributed by atoms with Gasteiger partial charge in [-0.1, -0.05) is 25.1 Å².